The summed E-state index contributed by atoms with van der Waals surface area (Å²) in [5.41, 5.74) is 1.87. The van der Waals surface area contributed by atoms with Crippen molar-refractivity contribution in [3.63, 3.8) is 0 Å². The minimum Gasteiger partial charge on any atom is -0.366 e. The maximum atomic E-state index is 14.4. The molecule has 1 amide bonds. The van der Waals surface area contributed by atoms with E-state index in [1.165, 1.54) is 24.8 Å². The number of aromatic amines is 1. The molecule has 0 saturated carbocycles. The summed E-state index contributed by atoms with van der Waals surface area (Å²) < 4.78 is 14.4. The van der Waals surface area contributed by atoms with Crippen LogP contribution in [-0.2, 0) is 4.79 Å². The molecular formula is C24H24FN5O2S. The molecule has 1 aromatic heterocycles. The van der Waals surface area contributed by atoms with Gasteiger partial charge in [0.05, 0.1) is 11.4 Å². The van der Waals surface area contributed by atoms with Crippen LogP contribution < -0.4 is 4.90 Å². The number of hydrogen-bond donors (Lipinski definition) is 1. The molecule has 7 nitrogen and oxygen atoms in total. The van der Waals surface area contributed by atoms with Crippen LogP contribution in [0.3, 0.4) is 0 Å². The van der Waals surface area contributed by atoms with Crippen LogP contribution in [0.2, 0.25) is 0 Å². The quantitative estimate of drug-likeness (QED) is 0.423. The topological polar surface area (TPSA) is 82.2 Å². The number of nitrogens with zero attached hydrogens (tertiary/aromatic N) is 4. The highest BCUT2D eigenvalue weighted by atomic mass is 32.2. The van der Waals surface area contributed by atoms with Gasteiger partial charge >= 0.3 is 0 Å². The van der Waals surface area contributed by atoms with Crippen molar-refractivity contribution in [1.82, 2.24) is 20.1 Å². The third-order valence-electron chi connectivity index (χ3n) is 5.37. The molecule has 0 unspecified atom stereocenters. The number of halogens is 1. The number of thioether (sulfide) groups is 1. The molecule has 0 spiro atoms. The van der Waals surface area contributed by atoms with Crippen molar-refractivity contribution >= 4 is 41.3 Å². The van der Waals surface area contributed by atoms with Crippen LogP contribution in [0.15, 0.2) is 53.7 Å². The summed E-state index contributed by atoms with van der Waals surface area (Å²) in [6.07, 6.45) is 3.78. The molecular weight excluding hydrogens is 441 g/mol. The number of ketones is 1. The highest BCUT2D eigenvalue weighted by Crippen LogP contribution is 2.23. The standard InChI is InChI=1S/C24H24FN5O2S/c1-17(31)19-8-9-21(20(25)15-19)29-11-13-30(14-12-29)23(32)16-33-24-26-22(27-28-24)10-7-18-5-3-2-4-6-18/h2-10,15H,11-14,16H2,1H3,(H,26,27,28)/b10-7+. The third-order valence-corrected chi connectivity index (χ3v) is 6.20. The summed E-state index contributed by atoms with van der Waals surface area (Å²) in [5, 5.41) is 7.54. The smallest absolute Gasteiger partial charge is 0.233 e. The van der Waals surface area contributed by atoms with E-state index in [9.17, 15) is 14.0 Å². The van der Waals surface area contributed by atoms with E-state index in [0.29, 0.717) is 48.4 Å². The van der Waals surface area contributed by atoms with Gasteiger partial charge in [0.25, 0.3) is 0 Å². The van der Waals surface area contributed by atoms with Gasteiger partial charge in [0.2, 0.25) is 11.1 Å². The molecule has 1 aliphatic heterocycles. The molecule has 4 rings (SSSR count). The van der Waals surface area contributed by atoms with E-state index in [0.717, 1.165) is 5.56 Å². The maximum absolute atomic E-state index is 14.4. The van der Waals surface area contributed by atoms with Crippen LogP contribution in [0.5, 0.6) is 0 Å². The Morgan fingerprint density at radius 3 is 2.55 bits per heavy atom. The molecule has 3 aromatic rings. The first-order chi connectivity index (χ1) is 16.0. The molecule has 2 heterocycles. The van der Waals surface area contributed by atoms with Crippen molar-refractivity contribution in [2.45, 2.75) is 12.1 Å². The lowest BCUT2D eigenvalue weighted by molar-refractivity contribution is -0.128. The Bertz CT molecular complexity index is 1160. The summed E-state index contributed by atoms with van der Waals surface area (Å²) >= 11 is 1.28. The normalized spacial score (nSPS) is 14.1. The molecule has 170 valence electrons. The second-order valence-electron chi connectivity index (χ2n) is 7.63. The van der Waals surface area contributed by atoms with Gasteiger partial charge in [-0.25, -0.2) is 9.37 Å². The van der Waals surface area contributed by atoms with Gasteiger partial charge in [-0.05, 0) is 36.8 Å². The van der Waals surface area contributed by atoms with Gasteiger partial charge in [0.1, 0.15) is 11.6 Å². The molecule has 0 radical (unpaired) electrons. The zero-order valence-electron chi connectivity index (χ0n) is 18.2. The highest BCUT2D eigenvalue weighted by molar-refractivity contribution is 7.99. The molecule has 9 heteroatoms. The lowest BCUT2D eigenvalue weighted by atomic mass is 10.1. The van der Waals surface area contributed by atoms with Crippen LogP contribution in [0, 0.1) is 5.82 Å². The minimum absolute atomic E-state index is 0.00164. The second-order valence-corrected chi connectivity index (χ2v) is 8.57. The van der Waals surface area contributed by atoms with Crippen LogP contribution in [0.1, 0.15) is 28.7 Å². The number of aromatic nitrogens is 3. The minimum atomic E-state index is -0.417. The number of Topliss-reactive ketones (excluding diaryl/α,β-unsaturated/α-hetero) is 1. The lowest BCUT2D eigenvalue weighted by Crippen LogP contribution is -2.49. The molecule has 1 aliphatic rings. The highest BCUT2D eigenvalue weighted by Gasteiger charge is 2.23. The van der Waals surface area contributed by atoms with E-state index in [1.54, 1.807) is 17.0 Å². The monoisotopic (exact) mass is 465 g/mol. The van der Waals surface area contributed by atoms with Gasteiger partial charge in [-0.2, -0.15) is 0 Å². The number of nitrogens with one attached hydrogen (secondary N) is 1. The lowest BCUT2D eigenvalue weighted by Gasteiger charge is -2.36. The first kappa shape index (κ1) is 22.7. The maximum Gasteiger partial charge on any atom is 0.233 e. The SMILES string of the molecule is CC(=O)c1ccc(N2CCN(C(=O)CSc3n[nH]c(/C=C/c4ccccc4)n3)CC2)c(F)c1. The summed E-state index contributed by atoms with van der Waals surface area (Å²) in [6.45, 7) is 3.49. The van der Waals surface area contributed by atoms with Gasteiger partial charge in [0, 0.05) is 31.7 Å². The Hall–Kier alpha value is -3.46. The molecule has 2 aromatic carbocycles. The van der Waals surface area contributed by atoms with Gasteiger partial charge in [-0.3, -0.25) is 14.7 Å². The number of piperazine rings is 1. The first-order valence-electron chi connectivity index (χ1n) is 10.6. The molecule has 1 fully saturated rings. The Balaban J connectivity index is 1.26. The number of rotatable bonds is 7. The van der Waals surface area contributed by atoms with E-state index in [2.05, 4.69) is 15.2 Å². The van der Waals surface area contributed by atoms with Gasteiger partial charge in [-0.1, -0.05) is 48.2 Å². The molecule has 33 heavy (non-hydrogen) atoms. The van der Waals surface area contributed by atoms with E-state index in [4.69, 9.17) is 0 Å². The second kappa shape index (κ2) is 10.4. The zero-order valence-corrected chi connectivity index (χ0v) is 19.0. The third kappa shape index (κ3) is 5.87. The molecule has 0 bridgehead atoms. The van der Waals surface area contributed by atoms with Crippen molar-refractivity contribution in [2.24, 2.45) is 0 Å². The Morgan fingerprint density at radius 1 is 1.09 bits per heavy atom. The molecule has 1 N–H and O–H groups in total. The van der Waals surface area contributed by atoms with Gasteiger partial charge < -0.3 is 9.80 Å². The van der Waals surface area contributed by atoms with Gasteiger partial charge in [-0.15, -0.1) is 5.10 Å². The Kier molecular flexibility index (Phi) is 7.19. The summed E-state index contributed by atoms with van der Waals surface area (Å²) in [7, 11) is 0. The predicted molar refractivity (Wildman–Crippen MR) is 128 cm³/mol. The average molecular weight is 466 g/mol. The fourth-order valence-corrected chi connectivity index (χ4v) is 4.24. The van der Waals surface area contributed by atoms with E-state index < -0.39 is 5.82 Å². The number of H-pyrrole nitrogens is 1. The van der Waals surface area contributed by atoms with Crippen molar-refractivity contribution < 1.29 is 14.0 Å². The van der Waals surface area contributed by atoms with E-state index in [-0.39, 0.29) is 17.4 Å². The van der Waals surface area contributed by atoms with Crippen molar-refractivity contribution in [2.75, 3.05) is 36.8 Å². The van der Waals surface area contributed by atoms with Crippen LogP contribution in [0.25, 0.3) is 12.2 Å². The number of amides is 1. The number of carbonyl (C=O) groups excluding carboxylic acids is 2. The molecule has 0 atom stereocenters. The van der Waals surface area contributed by atoms with Crippen molar-refractivity contribution in [3.05, 3.63) is 71.3 Å². The summed E-state index contributed by atoms with van der Waals surface area (Å²) in [4.78, 5) is 32.1. The van der Waals surface area contributed by atoms with Gasteiger partial charge in [0.15, 0.2) is 5.78 Å². The van der Waals surface area contributed by atoms with E-state index >= 15 is 0 Å². The number of anilines is 1. The van der Waals surface area contributed by atoms with Crippen LogP contribution >= 0.6 is 11.8 Å². The Morgan fingerprint density at radius 2 is 1.85 bits per heavy atom. The largest absolute Gasteiger partial charge is 0.366 e. The zero-order chi connectivity index (χ0) is 23.2. The van der Waals surface area contributed by atoms with Crippen molar-refractivity contribution in [1.29, 1.82) is 0 Å². The molecule has 1 saturated heterocycles. The number of hydrogen-bond acceptors (Lipinski definition) is 6. The summed E-state index contributed by atoms with van der Waals surface area (Å²) in [6, 6.07) is 14.4. The fourth-order valence-electron chi connectivity index (χ4n) is 3.53. The number of carbonyl (C=O) groups is 2. The van der Waals surface area contributed by atoms with Crippen LogP contribution in [0.4, 0.5) is 10.1 Å². The Labute approximate surface area is 195 Å². The van der Waals surface area contributed by atoms with Crippen LogP contribution in [-0.4, -0.2) is 63.7 Å². The molecule has 0 aliphatic carbocycles. The van der Waals surface area contributed by atoms with E-state index in [1.807, 2.05) is 47.4 Å². The summed E-state index contributed by atoms with van der Waals surface area (Å²) in [5.74, 6) is 0.277. The predicted octanol–water partition coefficient (Wildman–Crippen LogP) is 3.76. The average Bonchev–Trinajstić information content (AvgIpc) is 3.30. The fraction of sp³-hybridized carbons (Fsp3) is 0.250. The first-order valence-corrected chi connectivity index (χ1v) is 11.6. The van der Waals surface area contributed by atoms with Crippen molar-refractivity contribution in [3.8, 4) is 0 Å². The number of benzene rings is 2.